The van der Waals surface area contributed by atoms with Crippen molar-refractivity contribution in [1.29, 1.82) is 0 Å². The van der Waals surface area contributed by atoms with Gasteiger partial charge >= 0.3 is 0 Å². The minimum Gasteiger partial charge on any atom is -0.356 e. The molecule has 8 nitrogen and oxygen atoms in total. The minimum absolute atomic E-state index is 0.376. The molecule has 8 heteroatoms. The van der Waals surface area contributed by atoms with Crippen molar-refractivity contribution in [2.45, 2.75) is 38.6 Å². The van der Waals surface area contributed by atoms with Gasteiger partial charge in [0.25, 0.3) is 5.78 Å². The lowest BCUT2D eigenvalue weighted by Gasteiger charge is -2.33. The van der Waals surface area contributed by atoms with E-state index in [1.807, 2.05) is 29.0 Å². The fourth-order valence-corrected chi connectivity index (χ4v) is 4.09. The van der Waals surface area contributed by atoms with E-state index >= 15 is 0 Å². The average molecular weight is 388 g/mol. The Labute approximate surface area is 169 Å². The first-order valence-corrected chi connectivity index (χ1v) is 10.1. The first-order valence-electron chi connectivity index (χ1n) is 10.1. The van der Waals surface area contributed by atoms with Crippen molar-refractivity contribution in [3.8, 4) is 11.3 Å². The number of anilines is 1. The molecule has 5 rings (SSSR count). The summed E-state index contributed by atoms with van der Waals surface area (Å²) in [6, 6.07) is 12.7. The smallest absolute Gasteiger partial charge is 0.254 e. The molecule has 4 heterocycles. The zero-order chi connectivity index (χ0) is 19.8. The molecule has 0 aliphatic carbocycles. The van der Waals surface area contributed by atoms with Gasteiger partial charge < -0.3 is 9.47 Å². The molecule has 0 saturated carbocycles. The molecule has 4 aromatic rings. The normalized spacial score (nSPS) is 15.5. The first kappa shape index (κ1) is 17.8. The monoisotopic (exact) mass is 388 g/mol. The highest BCUT2D eigenvalue weighted by molar-refractivity contribution is 5.65. The van der Waals surface area contributed by atoms with E-state index < -0.39 is 0 Å². The van der Waals surface area contributed by atoms with E-state index in [0.717, 1.165) is 48.8 Å². The Morgan fingerprint density at radius 3 is 2.62 bits per heavy atom. The summed E-state index contributed by atoms with van der Waals surface area (Å²) in [5.74, 6) is 3.20. The summed E-state index contributed by atoms with van der Waals surface area (Å²) in [6.45, 7) is 6.21. The maximum Gasteiger partial charge on any atom is 0.254 e. The minimum atomic E-state index is 0.376. The van der Waals surface area contributed by atoms with E-state index in [2.05, 4.69) is 66.8 Å². The van der Waals surface area contributed by atoms with Crippen molar-refractivity contribution in [1.82, 2.24) is 34.3 Å². The van der Waals surface area contributed by atoms with Gasteiger partial charge in [-0.05, 0) is 26.7 Å². The number of aromatic nitrogens is 7. The lowest BCUT2D eigenvalue weighted by molar-refractivity contribution is 0.446. The summed E-state index contributed by atoms with van der Waals surface area (Å²) in [6.07, 6.45) is 5.48. The van der Waals surface area contributed by atoms with Crippen LogP contribution in [0.4, 0.5) is 5.82 Å². The van der Waals surface area contributed by atoms with E-state index in [-0.39, 0.29) is 0 Å². The Hall–Kier alpha value is -3.29. The molecular weight excluding hydrogens is 364 g/mol. The van der Waals surface area contributed by atoms with Crippen molar-refractivity contribution < 1.29 is 0 Å². The van der Waals surface area contributed by atoms with Gasteiger partial charge in [0.15, 0.2) is 0 Å². The number of fused-ring (bicyclic) bond motifs is 1. The number of rotatable bonds is 4. The Kier molecular flexibility index (Phi) is 4.46. The van der Waals surface area contributed by atoms with Gasteiger partial charge in [-0.15, -0.1) is 10.2 Å². The van der Waals surface area contributed by atoms with Crippen molar-refractivity contribution >= 4 is 11.6 Å². The first-order chi connectivity index (χ1) is 14.2. The van der Waals surface area contributed by atoms with Crippen LogP contribution in [-0.2, 0) is 0 Å². The van der Waals surface area contributed by atoms with Crippen LogP contribution in [0.25, 0.3) is 17.0 Å². The summed E-state index contributed by atoms with van der Waals surface area (Å²) in [4.78, 5) is 11.4. The van der Waals surface area contributed by atoms with E-state index in [4.69, 9.17) is 0 Å². The lowest BCUT2D eigenvalue weighted by atomic mass is 9.95. The van der Waals surface area contributed by atoms with Crippen LogP contribution in [0.1, 0.15) is 44.5 Å². The van der Waals surface area contributed by atoms with Gasteiger partial charge in [-0.1, -0.05) is 30.3 Å². The third-order valence-electron chi connectivity index (χ3n) is 5.64. The average Bonchev–Trinajstić information content (AvgIpc) is 3.43. The van der Waals surface area contributed by atoms with Crippen LogP contribution >= 0.6 is 0 Å². The number of hydrogen-bond donors (Lipinski definition) is 0. The van der Waals surface area contributed by atoms with Crippen LogP contribution in [0.15, 0.2) is 49.1 Å². The van der Waals surface area contributed by atoms with E-state index in [1.54, 1.807) is 6.33 Å². The number of hydrogen-bond acceptors (Lipinski definition) is 6. The molecule has 0 unspecified atom stereocenters. The van der Waals surface area contributed by atoms with Crippen LogP contribution < -0.4 is 4.90 Å². The fraction of sp³-hybridized carbons (Fsp3) is 0.381. The van der Waals surface area contributed by atoms with E-state index in [0.29, 0.717) is 17.7 Å². The summed E-state index contributed by atoms with van der Waals surface area (Å²) in [7, 11) is 0. The molecule has 0 atom stereocenters. The Balaban J connectivity index is 1.43. The zero-order valence-electron chi connectivity index (χ0n) is 16.7. The second-order valence-corrected chi connectivity index (χ2v) is 7.79. The molecule has 148 valence electrons. The second-order valence-electron chi connectivity index (χ2n) is 7.79. The second kappa shape index (κ2) is 7.27. The molecule has 3 aromatic heterocycles. The highest BCUT2D eigenvalue weighted by atomic mass is 15.4. The van der Waals surface area contributed by atoms with E-state index in [1.165, 1.54) is 0 Å². The van der Waals surface area contributed by atoms with Gasteiger partial charge in [0, 0.05) is 36.7 Å². The van der Waals surface area contributed by atoms with Gasteiger partial charge in [0.05, 0.1) is 5.69 Å². The van der Waals surface area contributed by atoms with Crippen LogP contribution in [0.5, 0.6) is 0 Å². The number of piperidine rings is 1. The van der Waals surface area contributed by atoms with Crippen LogP contribution in [-0.4, -0.2) is 47.4 Å². The van der Waals surface area contributed by atoms with Gasteiger partial charge in [-0.25, -0.2) is 4.98 Å². The van der Waals surface area contributed by atoms with Crippen molar-refractivity contribution in [2.75, 3.05) is 18.0 Å². The predicted octanol–water partition coefficient (Wildman–Crippen LogP) is 3.35. The molecule has 1 aromatic carbocycles. The fourth-order valence-electron chi connectivity index (χ4n) is 4.09. The Morgan fingerprint density at radius 1 is 1.07 bits per heavy atom. The quantitative estimate of drug-likeness (QED) is 0.534. The highest BCUT2D eigenvalue weighted by Crippen LogP contribution is 2.31. The molecule has 0 spiro atoms. The summed E-state index contributed by atoms with van der Waals surface area (Å²) >= 11 is 0. The molecule has 1 aliphatic rings. The molecule has 1 fully saturated rings. The maximum absolute atomic E-state index is 4.69. The number of nitrogens with zero attached hydrogens (tertiary/aromatic N) is 8. The highest BCUT2D eigenvalue weighted by Gasteiger charge is 2.27. The Morgan fingerprint density at radius 2 is 1.86 bits per heavy atom. The van der Waals surface area contributed by atoms with Crippen molar-refractivity contribution in [3.05, 3.63) is 54.9 Å². The van der Waals surface area contributed by atoms with Gasteiger partial charge in [-0.2, -0.15) is 14.6 Å². The van der Waals surface area contributed by atoms with E-state index in [9.17, 15) is 0 Å². The SMILES string of the molecule is CC(C)n1cnnc1C1CCN(c2cc(-c3ccccc3)nc3ncnn23)CC1. The molecule has 0 amide bonds. The Bertz CT molecular complexity index is 1110. The van der Waals surface area contributed by atoms with Crippen molar-refractivity contribution in [3.63, 3.8) is 0 Å². The van der Waals surface area contributed by atoms with Crippen LogP contribution in [0.2, 0.25) is 0 Å². The standard InChI is InChI=1S/C21H24N8/c1-15(2)28-14-23-26-20(28)17-8-10-27(11-9-17)19-12-18(16-6-4-3-5-7-16)25-21-22-13-24-29(19)21/h3-7,12-15,17H,8-11H2,1-2H3. The molecule has 0 bridgehead atoms. The zero-order valence-corrected chi connectivity index (χ0v) is 16.7. The molecule has 1 aliphatic heterocycles. The molecular formula is C21H24N8. The summed E-state index contributed by atoms with van der Waals surface area (Å²) in [5.41, 5.74) is 2.00. The van der Waals surface area contributed by atoms with Gasteiger partial charge in [-0.3, -0.25) is 0 Å². The molecule has 0 N–H and O–H groups in total. The third kappa shape index (κ3) is 3.24. The van der Waals surface area contributed by atoms with Crippen LogP contribution in [0.3, 0.4) is 0 Å². The summed E-state index contributed by atoms with van der Waals surface area (Å²) < 4.78 is 4.03. The molecule has 0 radical (unpaired) electrons. The van der Waals surface area contributed by atoms with Crippen molar-refractivity contribution in [2.24, 2.45) is 0 Å². The molecule has 29 heavy (non-hydrogen) atoms. The maximum atomic E-state index is 4.69. The summed E-state index contributed by atoms with van der Waals surface area (Å²) in [5, 5.41) is 13.0. The molecule has 1 saturated heterocycles. The van der Waals surface area contributed by atoms with Gasteiger partial charge in [0.2, 0.25) is 0 Å². The predicted molar refractivity (Wildman–Crippen MR) is 111 cm³/mol. The largest absolute Gasteiger partial charge is 0.356 e. The van der Waals surface area contributed by atoms with Crippen LogP contribution in [0, 0.1) is 0 Å². The van der Waals surface area contributed by atoms with Gasteiger partial charge in [0.1, 0.15) is 24.3 Å². The topological polar surface area (TPSA) is 77.0 Å². The third-order valence-corrected chi connectivity index (χ3v) is 5.64. The lowest BCUT2D eigenvalue weighted by Crippen LogP contribution is -2.35. The number of benzene rings is 1.